The van der Waals surface area contributed by atoms with Gasteiger partial charge >= 0.3 is 10.5 Å². The molecule has 0 radical (unpaired) electrons. The van der Waals surface area contributed by atoms with Gasteiger partial charge in [-0.15, -0.1) is 0 Å². The van der Waals surface area contributed by atoms with Gasteiger partial charge in [-0.05, 0) is 60.7 Å². The number of hydrogen-bond donors (Lipinski definition) is 2. The van der Waals surface area contributed by atoms with Crippen LogP contribution in [0, 0.1) is 0 Å². The highest BCUT2D eigenvalue weighted by atomic mass is 32.2. The van der Waals surface area contributed by atoms with E-state index in [4.69, 9.17) is 0 Å². The van der Waals surface area contributed by atoms with Crippen LogP contribution in [0.3, 0.4) is 0 Å². The summed E-state index contributed by atoms with van der Waals surface area (Å²) in [5, 5.41) is -5.43. The highest BCUT2D eigenvalue weighted by molar-refractivity contribution is 7.99. The van der Waals surface area contributed by atoms with Gasteiger partial charge in [-0.3, -0.25) is 19.2 Å². The number of alkyl halides is 4. The number of benzene rings is 4. The molecule has 0 bridgehead atoms. The minimum absolute atomic E-state index is 0.0162. The fourth-order valence-corrected chi connectivity index (χ4v) is 15.7. The largest absolute Gasteiger partial charge is 0.400 e. The normalized spacial score (nSPS) is 18.2. The van der Waals surface area contributed by atoms with Crippen molar-refractivity contribution in [1.82, 2.24) is 20.4 Å². The molecule has 18 nitrogen and oxygen atoms in total. The quantitative estimate of drug-likeness (QED) is 0.131. The highest BCUT2D eigenvalue weighted by Crippen LogP contribution is 2.42. The van der Waals surface area contributed by atoms with E-state index in [1.807, 2.05) is 0 Å². The number of sulfone groups is 4. The van der Waals surface area contributed by atoms with Gasteiger partial charge in [0, 0.05) is 88.5 Å². The van der Waals surface area contributed by atoms with E-state index < -0.39 is 102 Å². The molecule has 4 amide bonds. The zero-order chi connectivity index (χ0) is 59.7. The first kappa shape index (κ1) is 63.5. The van der Waals surface area contributed by atoms with Crippen LogP contribution in [0.2, 0.25) is 0 Å². The Morgan fingerprint density at radius 3 is 1.20 bits per heavy atom. The lowest BCUT2D eigenvalue weighted by molar-refractivity contribution is 0.0759. The maximum absolute atomic E-state index is 15.1. The van der Waals surface area contributed by atoms with E-state index in [-0.39, 0.29) is 94.8 Å². The molecular formula is C52H56F6N6O12S6. The number of carbonyl (C=O) groups excluding carboxylic acids is 4. The Morgan fingerprint density at radius 1 is 0.476 bits per heavy atom. The minimum atomic E-state index is -5.66. The minimum Gasteiger partial charge on any atom is -0.369 e. The van der Waals surface area contributed by atoms with Crippen LogP contribution < -0.4 is 20.4 Å². The predicted octanol–water partition coefficient (Wildman–Crippen LogP) is 5.52. The SMILES string of the molecule is O=C(NC/C=C(\F)C(F)(F)S(=O)(=O)c1ccccc1N1CCS(=O)(=O)CC1)c1ccccc1C(=O)N1CCS(=O)(=O)CC1.O=C(NC/C=C(\F)C(F)(F)S(=O)(=O)c1ccccc1N1CCSCC1)c1ccccc1C(=O)N1CCSCC1. The van der Waals surface area contributed by atoms with Crippen molar-refractivity contribution in [1.29, 1.82) is 0 Å². The van der Waals surface area contributed by atoms with E-state index in [0.29, 0.717) is 43.8 Å². The van der Waals surface area contributed by atoms with Gasteiger partial charge in [0.15, 0.2) is 31.3 Å². The number of nitrogens with one attached hydrogen (secondary N) is 2. The Hall–Kier alpha value is -6.08. The summed E-state index contributed by atoms with van der Waals surface area (Å²) in [6, 6.07) is 21.6. The van der Waals surface area contributed by atoms with Gasteiger partial charge in [-0.1, -0.05) is 48.5 Å². The Labute approximate surface area is 479 Å². The molecule has 4 fully saturated rings. The number of carbonyl (C=O) groups is 4. The lowest BCUT2D eigenvalue weighted by Crippen LogP contribution is -2.44. The van der Waals surface area contributed by atoms with E-state index >= 15 is 17.6 Å². The van der Waals surface area contributed by atoms with Crippen LogP contribution >= 0.6 is 23.5 Å². The van der Waals surface area contributed by atoms with Crippen molar-refractivity contribution in [3.63, 3.8) is 0 Å². The second-order valence-corrected chi connectivity index (χ2v) is 29.7. The first-order valence-electron chi connectivity index (χ1n) is 25.2. The number of amides is 4. The average molecular weight is 1260 g/mol. The van der Waals surface area contributed by atoms with Gasteiger partial charge < -0.3 is 30.2 Å². The molecule has 0 saturated carbocycles. The molecule has 8 rings (SSSR count). The van der Waals surface area contributed by atoms with E-state index in [9.17, 15) is 61.6 Å². The van der Waals surface area contributed by atoms with Crippen LogP contribution in [-0.2, 0) is 39.3 Å². The summed E-state index contributed by atoms with van der Waals surface area (Å²) in [5.41, 5.74) is -0.183. The van der Waals surface area contributed by atoms with E-state index in [1.54, 1.807) is 51.5 Å². The molecule has 4 aliphatic rings. The summed E-state index contributed by atoms with van der Waals surface area (Å²) < 4.78 is 188. The van der Waals surface area contributed by atoms with Gasteiger partial charge in [0.1, 0.15) is 0 Å². The fourth-order valence-electron chi connectivity index (χ4n) is 8.83. The Balaban J connectivity index is 0.000000237. The predicted molar refractivity (Wildman–Crippen MR) is 301 cm³/mol. The Kier molecular flexibility index (Phi) is 20.6. The standard InChI is InChI=1S/C26H28F3N3O8S3.C26H28F3N3O4S3/c27-23(26(28,29)43(39,40)22-8-4-3-7-21(22)31-11-15-41(35,36)16-12-31)9-10-30-24(33)19-5-1-2-6-20(19)25(34)32-13-17-42(37,38)18-14-32;27-23(26(28,29)39(35,36)22-8-4-3-7-21(22)31-11-15-37-16-12-31)9-10-30-24(33)19-5-1-2-6-20(19)25(34)32-13-17-38-18-14-32/h1-9H,10-18H2,(H,30,33);1-9H,10-18H2,(H,30,33)/b2*23-9-. The maximum atomic E-state index is 15.1. The number of anilines is 2. The molecule has 4 aliphatic heterocycles. The van der Waals surface area contributed by atoms with Crippen LogP contribution in [0.4, 0.5) is 37.7 Å². The zero-order valence-electron chi connectivity index (χ0n) is 43.5. The Bertz CT molecular complexity index is 3560. The first-order chi connectivity index (χ1) is 38.7. The summed E-state index contributed by atoms with van der Waals surface area (Å²) in [6.45, 7) is 0.0608. The average Bonchev–Trinajstić information content (AvgIpc) is 3.51. The molecule has 444 valence electrons. The molecule has 82 heavy (non-hydrogen) atoms. The van der Waals surface area contributed by atoms with Gasteiger partial charge in [0.05, 0.1) is 66.4 Å². The molecule has 4 aromatic rings. The van der Waals surface area contributed by atoms with E-state index in [2.05, 4.69) is 10.6 Å². The summed E-state index contributed by atoms with van der Waals surface area (Å²) >= 11 is 3.39. The summed E-state index contributed by atoms with van der Waals surface area (Å²) in [4.78, 5) is 55.8. The molecule has 0 unspecified atom stereocenters. The van der Waals surface area contributed by atoms with E-state index in [0.717, 1.165) is 23.6 Å². The van der Waals surface area contributed by atoms with Crippen LogP contribution in [0.15, 0.2) is 131 Å². The van der Waals surface area contributed by atoms with Gasteiger partial charge in [0.25, 0.3) is 43.3 Å². The van der Waals surface area contributed by atoms with Crippen molar-refractivity contribution in [3.05, 3.63) is 143 Å². The number of thioether (sulfide) groups is 2. The molecule has 0 atom stereocenters. The number of rotatable bonds is 16. The zero-order valence-corrected chi connectivity index (χ0v) is 48.4. The van der Waals surface area contributed by atoms with Crippen LogP contribution in [0.5, 0.6) is 0 Å². The molecule has 4 saturated heterocycles. The second-order valence-electron chi connectivity index (χ2n) is 18.7. The third kappa shape index (κ3) is 14.6. The first-order valence-corrected chi connectivity index (χ1v) is 34.2. The van der Waals surface area contributed by atoms with E-state index in [1.165, 1.54) is 76.5 Å². The van der Waals surface area contributed by atoms with Gasteiger partial charge in [0.2, 0.25) is 0 Å². The van der Waals surface area contributed by atoms with Crippen molar-refractivity contribution < 1.29 is 79.2 Å². The molecule has 0 aliphatic carbocycles. The molecule has 4 heterocycles. The smallest absolute Gasteiger partial charge is 0.369 e. The van der Waals surface area contributed by atoms with Gasteiger partial charge in [-0.25, -0.2) is 42.5 Å². The molecule has 0 spiro atoms. The monoisotopic (exact) mass is 1260 g/mol. The third-order valence-corrected chi connectivity index (χ3v) is 22.1. The van der Waals surface area contributed by atoms with Crippen molar-refractivity contribution in [2.45, 2.75) is 20.3 Å². The molecule has 2 N–H and O–H groups in total. The molecule has 4 aromatic carbocycles. The number of nitrogens with zero attached hydrogens (tertiary/aromatic N) is 4. The van der Waals surface area contributed by atoms with Crippen LogP contribution in [0.25, 0.3) is 0 Å². The third-order valence-electron chi connectivity index (χ3n) is 13.4. The lowest BCUT2D eigenvalue weighted by Gasteiger charge is -2.30. The van der Waals surface area contributed by atoms with Crippen LogP contribution in [-0.4, -0.2) is 189 Å². The molecular weight excluding hydrogens is 1210 g/mol. The van der Waals surface area contributed by atoms with Crippen molar-refractivity contribution >= 4 is 97.9 Å². The summed E-state index contributed by atoms with van der Waals surface area (Å²) in [5.74, 6) is -5.29. The van der Waals surface area contributed by atoms with Crippen molar-refractivity contribution in [2.75, 3.05) is 121 Å². The summed E-state index contributed by atoms with van der Waals surface area (Å²) in [7, 11) is -17.7. The van der Waals surface area contributed by atoms with Gasteiger partial charge in [-0.2, -0.15) is 41.1 Å². The summed E-state index contributed by atoms with van der Waals surface area (Å²) in [6.07, 6.45) is 0.535. The topological polar surface area (TPSA) is 242 Å². The van der Waals surface area contributed by atoms with Crippen molar-refractivity contribution in [2.24, 2.45) is 0 Å². The highest BCUT2D eigenvalue weighted by Gasteiger charge is 2.53. The van der Waals surface area contributed by atoms with Crippen LogP contribution in [0.1, 0.15) is 41.4 Å². The maximum Gasteiger partial charge on any atom is 0.400 e. The van der Waals surface area contributed by atoms with Crippen molar-refractivity contribution in [3.8, 4) is 0 Å². The molecule has 0 aromatic heterocycles. The Morgan fingerprint density at radius 2 is 0.793 bits per heavy atom. The fraction of sp³-hybridized carbons (Fsp3) is 0.385. The lowest BCUT2D eigenvalue weighted by atomic mass is 10.1. The number of para-hydroxylation sites is 2. The number of halogens is 6. The number of hydrogen-bond acceptors (Lipinski definition) is 16. The molecule has 30 heteroatoms. The second kappa shape index (κ2) is 26.7.